The molecule has 1 aliphatic carbocycles. The Kier molecular flexibility index (Phi) is 5.53. The predicted octanol–water partition coefficient (Wildman–Crippen LogP) is 3.77. The highest BCUT2D eigenvalue weighted by molar-refractivity contribution is 7.09. The molecule has 0 radical (unpaired) electrons. The van der Waals surface area contributed by atoms with E-state index in [0.29, 0.717) is 19.6 Å². The van der Waals surface area contributed by atoms with Gasteiger partial charge in [0.15, 0.2) is 0 Å². The van der Waals surface area contributed by atoms with Crippen LogP contribution in [0.1, 0.15) is 36.1 Å². The molecule has 0 atom stereocenters. The third-order valence-corrected chi connectivity index (χ3v) is 5.39. The van der Waals surface area contributed by atoms with E-state index in [0.717, 1.165) is 36.1 Å². The number of nitrogens with zero attached hydrogens (tertiary/aromatic N) is 1. The van der Waals surface area contributed by atoms with E-state index in [1.54, 1.807) is 16.2 Å². The summed E-state index contributed by atoms with van der Waals surface area (Å²) in [5.74, 6) is 0. The van der Waals surface area contributed by atoms with Gasteiger partial charge < -0.3 is 15.3 Å². The minimum Gasteiger partial charge on any atom is -0.388 e. The molecule has 2 amide bonds. The van der Waals surface area contributed by atoms with Crippen molar-refractivity contribution >= 4 is 17.4 Å². The highest BCUT2D eigenvalue weighted by atomic mass is 32.1. The van der Waals surface area contributed by atoms with Gasteiger partial charge in [-0.1, -0.05) is 49.2 Å². The molecule has 128 valence electrons. The number of hydrogen-bond donors (Lipinski definition) is 2. The maximum absolute atomic E-state index is 12.7. The van der Waals surface area contributed by atoms with Crippen LogP contribution in [0.4, 0.5) is 4.79 Å². The lowest BCUT2D eigenvalue weighted by atomic mass is 10.0. The van der Waals surface area contributed by atoms with Crippen molar-refractivity contribution in [2.75, 3.05) is 6.54 Å². The molecule has 0 bridgehead atoms. The summed E-state index contributed by atoms with van der Waals surface area (Å²) in [5.41, 5.74) is 0.333. The summed E-state index contributed by atoms with van der Waals surface area (Å²) in [4.78, 5) is 15.6. The maximum Gasteiger partial charge on any atom is 0.318 e. The van der Waals surface area contributed by atoms with Crippen molar-refractivity contribution in [3.63, 3.8) is 0 Å². The Morgan fingerprint density at radius 3 is 2.58 bits per heavy atom. The second-order valence-electron chi connectivity index (χ2n) is 6.51. The smallest absolute Gasteiger partial charge is 0.318 e. The van der Waals surface area contributed by atoms with Crippen LogP contribution in [0.2, 0.25) is 0 Å². The minimum absolute atomic E-state index is 0.118. The highest BCUT2D eigenvalue weighted by Gasteiger charge is 2.34. The van der Waals surface area contributed by atoms with Crippen LogP contribution in [0.15, 0.2) is 47.8 Å². The van der Waals surface area contributed by atoms with E-state index in [9.17, 15) is 9.90 Å². The van der Waals surface area contributed by atoms with Crippen molar-refractivity contribution in [1.82, 2.24) is 10.2 Å². The molecular weight excluding hydrogens is 320 g/mol. The number of hydrogen-bond acceptors (Lipinski definition) is 3. The second-order valence-corrected chi connectivity index (χ2v) is 7.54. The third-order valence-electron chi connectivity index (χ3n) is 4.52. The Hall–Kier alpha value is -1.85. The molecule has 2 N–H and O–H groups in total. The summed E-state index contributed by atoms with van der Waals surface area (Å²) in [7, 11) is 0. The summed E-state index contributed by atoms with van der Waals surface area (Å²) < 4.78 is 0. The van der Waals surface area contributed by atoms with E-state index < -0.39 is 5.60 Å². The fourth-order valence-electron chi connectivity index (χ4n) is 3.24. The molecule has 4 nitrogen and oxygen atoms in total. The number of amides is 2. The molecule has 1 aromatic heterocycles. The Morgan fingerprint density at radius 2 is 1.92 bits per heavy atom. The van der Waals surface area contributed by atoms with Crippen LogP contribution in [0.25, 0.3) is 0 Å². The number of rotatable bonds is 6. The Morgan fingerprint density at radius 1 is 1.17 bits per heavy atom. The van der Waals surface area contributed by atoms with Crippen molar-refractivity contribution in [1.29, 1.82) is 0 Å². The van der Waals surface area contributed by atoms with Crippen molar-refractivity contribution in [2.45, 2.75) is 44.4 Å². The lowest BCUT2D eigenvalue weighted by molar-refractivity contribution is 0.0175. The Bertz CT molecular complexity index is 637. The monoisotopic (exact) mass is 344 g/mol. The van der Waals surface area contributed by atoms with Crippen LogP contribution in [0.5, 0.6) is 0 Å². The third kappa shape index (κ3) is 4.58. The molecule has 0 spiro atoms. The van der Waals surface area contributed by atoms with E-state index in [2.05, 4.69) is 5.32 Å². The quantitative estimate of drug-likeness (QED) is 0.838. The number of aliphatic hydroxyl groups is 1. The molecule has 1 aliphatic rings. The zero-order valence-corrected chi connectivity index (χ0v) is 14.6. The minimum atomic E-state index is -0.741. The van der Waals surface area contributed by atoms with Gasteiger partial charge in [0.2, 0.25) is 0 Å². The van der Waals surface area contributed by atoms with Crippen LogP contribution in [-0.2, 0) is 13.1 Å². The van der Waals surface area contributed by atoms with Gasteiger partial charge in [0.25, 0.3) is 0 Å². The summed E-state index contributed by atoms with van der Waals surface area (Å²) in [5, 5.41) is 15.7. The van der Waals surface area contributed by atoms with Gasteiger partial charge in [-0.05, 0) is 29.9 Å². The summed E-state index contributed by atoms with van der Waals surface area (Å²) in [6.45, 7) is 1.43. The van der Waals surface area contributed by atoms with Gasteiger partial charge in [-0.25, -0.2) is 4.79 Å². The molecule has 1 saturated carbocycles. The lowest BCUT2D eigenvalue weighted by Crippen LogP contribution is -2.47. The van der Waals surface area contributed by atoms with Crippen molar-refractivity contribution in [2.24, 2.45) is 0 Å². The zero-order chi connectivity index (χ0) is 16.8. The standard InChI is InChI=1S/C19H24N2O2S/c22-18(20-13-17-9-6-12-24-17)21(14-16-7-2-1-3-8-16)15-19(23)10-4-5-11-19/h1-3,6-9,12,23H,4-5,10-11,13-15H2,(H,20,22). The van der Waals surface area contributed by atoms with E-state index >= 15 is 0 Å². The average molecular weight is 344 g/mol. The second kappa shape index (κ2) is 7.81. The van der Waals surface area contributed by atoms with E-state index in [1.807, 2.05) is 47.8 Å². The first kappa shape index (κ1) is 17.0. The average Bonchev–Trinajstić information content (AvgIpc) is 3.25. The molecule has 24 heavy (non-hydrogen) atoms. The fraction of sp³-hybridized carbons (Fsp3) is 0.421. The molecule has 5 heteroatoms. The summed E-state index contributed by atoms with van der Waals surface area (Å²) in [6.07, 6.45) is 3.62. The first-order valence-corrected chi connectivity index (χ1v) is 9.34. The van der Waals surface area contributed by atoms with Gasteiger partial charge in [0, 0.05) is 11.4 Å². The van der Waals surface area contributed by atoms with Gasteiger partial charge in [-0.3, -0.25) is 0 Å². The number of nitrogens with one attached hydrogen (secondary N) is 1. The van der Waals surface area contributed by atoms with Gasteiger partial charge in [-0.15, -0.1) is 11.3 Å². The van der Waals surface area contributed by atoms with Gasteiger partial charge in [-0.2, -0.15) is 0 Å². The van der Waals surface area contributed by atoms with E-state index in [1.165, 1.54) is 0 Å². The topological polar surface area (TPSA) is 52.6 Å². The van der Waals surface area contributed by atoms with E-state index in [4.69, 9.17) is 0 Å². The summed E-state index contributed by atoms with van der Waals surface area (Å²) in [6, 6.07) is 13.8. The fourth-order valence-corrected chi connectivity index (χ4v) is 3.88. The van der Waals surface area contributed by atoms with Gasteiger partial charge >= 0.3 is 6.03 Å². The van der Waals surface area contributed by atoms with Gasteiger partial charge in [0.1, 0.15) is 0 Å². The number of carbonyl (C=O) groups is 1. The Balaban J connectivity index is 1.66. The predicted molar refractivity (Wildman–Crippen MR) is 96.8 cm³/mol. The number of thiophene rings is 1. The van der Waals surface area contributed by atoms with Crippen molar-refractivity contribution in [3.05, 3.63) is 58.3 Å². The first-order valence-electron chi connectivity index (χ1n) is 8.46. The first-order chi connectivity index (χ1) is 11.6. The maximum atomic E-state index is 12.7. The highest BCUT2D eigenvalue weighted by Crippen LogP contribution is 2.30. The van der Waals surface area contributed by atoms with Crippen LogP contribution in [0, 0.1) is 0 Å². The van der Waals surface area contributed by atoms with Crippen LogP contribution < -0.4 is 5.32 Å². The molecule has 2 aromatic rings. The molecular formula is C19H24N2O2S. The van der Waals surface area contributed by atoms with Crippen molar-refractivity contribution in [3.8, 4) is 0 Å². The molecule has 3 rings (SSSR count). The molecule has 1 heterocycles. The lowest BCUT2D eigenvalue weighted by Gasteiger charge is -2.31. The van der Waals surface area contributed by atoms with Crippen LogP contribution in [0.3, 0.4) is 0 Å². The molecule has 1 fully saturated rings. The SMILES string of the molecule is O=C(NCc1cccs1)N(Cc1ccccc1)CC1(O)CCCC1. The molecule has 1 aromatic carbocycles. The number of carbonyl (C=O) groups excluding carboxylic acids is 1. The van der Waals surface area contributed by atoms with Crippen LogP contribution in [-0.4, -0.2) is 28.2 Å². The summed E-state index contributed by atoms with van der Waals surface area (Å²) >= 11 is 1.63. The molecule has 0 saturated heterocycles. The van der Waals surface area contributed by atoms with Gasteiger partial charge in [0.05, 0.1) is 18.7 Å². The molecule has 0 unspecified atom stereocenters. The van der Waals surface area contributed by atoms with Crippen LogP contribution >= 0.6 is 11.3 Å². The number of urea groups is 1. The molecule has 0 aliphatic heterocycles. The normalized spacial score (nSPS) is 16.0. The Labute approximate surface area is 147 Å². The van der Waals surface area contributed by atoms with E-state index in [-0.39, 0.29) is 6.03 Å². The number of benzene rings is 1. The van der Waals surface area contributed by atoms with Crippen molar-refractivity contribution < 1.29 is 9.90 Å². The zero-order valence-electron chi connectivity index (χ0n) is 13.8. The largest absolute Gasteiger partial charge is 0.388 e.